The van der Waals surface area contributed by atoms with Gasteiger partial charge in [-0.3, -0.25) is 4.79 Å². The smallest absolute Gasteiger partial charge is 0.342 e. The molecule has 0 saturated carbocycles. The zero-order valence-electron chi connectivity index (χ0n) is 18.8. The van der Waals surface area contributed by atoms with Crippen molar-refractivity contribution < 1.29 is 19.2 Å². The van der Waals surface area contributed by atoms with E-state index in [2.05, 4.69) is 20.7 Å². The lowest BCUT2D eigenvalue weighted by Crippen LogP contribution is -2.34. The molecule has 3 aromatic carbocycles. The van der Waals surface area contributed by atoms with Gasteiger partial charge in [-0.25, -0.2) is 5.43 Å². The molecule has 2 N–H and O–H groups in total. The lowest BCUT2D eigenvalue weighted by molar-refractivity contribution is -0.625. The van der Waals surface area contributed by atoms with Gasteiger partial charge in [-0.15, -0.1) is 5.10 Å². The van der Waals surface area contributed by atoms with Gasteiger partial charge in [-0.2, -0.15) is 9.67 Å². The zero-order chi connectivity index (χ0) is 24.6. The molecule has 0 saturated heterocycles. The van der Waals surface area contributed by atoms with E-state index in [9.17, 15) is 9.90 Å². The third-order valence-electron chi connectivity index (χ3n) is 4.84. The highest BCUT2D eigenvalue weighted by Gasteiger charge is 2.24. The molecule has 4 aromatic rings. The molecule has 0 fully saturated rings. The molecule has 0 spiro atoms. The first kappa shape index (κ1) is 24.3. The standard InChI is InChI=1S/C25H22ClN5O3S/c1-2-34-21-13-11-20(12-14-21)31-24(17-7-9-19(26)10-8-17)29-30-25(31)35-16-23(33)28-27-15-18-5-3-4-6-22(18)32/h3-15H,2,16H2,1H3,(H2,27,28,32,33). The average molecular weight is 508 g/mol. The quantitative estimate of drug-likeness (QED) is 0.155. The third kappa shape index (κ3) is 6.20. The normalized spacial score (nSPS) is 11.0. The lowest BCUT2D eigenvalue weighted by Gasteiger charge is -2.08. The molecule has 0 bridgehead atoms. The maximum Gasteiger partial charge on any atom is 0.342 e. The minimum Gasteiger partial charge on any atom is -0.872 e. The Balaban J connectivity index is 1.53. The van der Waals surface area contributed by atoms with Crippen molar-refractivity contribution in [2.45, 2.75) is 12.1 Å². The number of H-pyrrole nitrogens is 1. The van der Waals surface area contributed by atoms with Crippen molar-refractivity contribution in [2.75, 3.05) is 12.4 Å². The van der Waals surface area contributed by atoms with E-state index in [0.717, 1.165) is 22.8 Å². The number of aromatic amines is 1. The van der Waals surface area contributed by atoms with Gasteiger partial charge in [0.15, 0.2) is 0 Å². The van der Waals surface area contributed by atoms with E-state index >= 15 is 0 Å². The van der Waals surface area contributed by atoms with Gasteiger partial charge in [0.1, 0.15) is 11.4 Å². The average Bonchev–Trinajstić information content (AvgIpc) is 3.29. The molecule has 4 rings (SSSR count). The van der Waals surface area contributed by atoms with Crippen LogP contribution in [-0.2, 0) is 4.79 Å². The fourth-order valence-corrected chi connectivity index (χ4v) is 4.10. The van der Waals surface area contributed by atoms with E-state index in [1.807, 2.05) is 47.9 Å². The number of nitrogens with zero attached hydrogens (tertiary/aromatic N) is 3. The summed E-state index contributed by atoms with van der Waals surface area (Å²) in [5.41, 5.74) is 4.57. The molecule has 10 heteroatoms. The van der Waals surface area contributed by atoms with Gasteiger partial charge >= 0.3 is 5.16 Å². The highest BCUT2D eigenvalue weighted by molar-refractivity contribution is 7.99. The number of thioether (sulfide) groups is 1. The Hall–Kier alpha value is -3.82. The van der Waals surface area contributed by atoms with Crippen molar-refractivity contribution in [1.82, 2.24) is 15.6 Å². The number of hydrazone groups is 1. The summed E-state index contributed by atoms with van der Waals surface area (Å²) in [7, 11) is 0. The van der Waals surface area contributed by atoms with Gasteiger partial charge in [0, 0.05) is 5.02 Å². The summed E-state index contributed by atoms with van der Waals surface area (Å²) in [6.07, 6.45) is 1.33. The van der Waals surface area contributed by atoms with Crippen LogP contribution in [0.1, 0.15) is 12.5 Å². The molecule has 178 valence electrons. The fraction of sp³-hybridized carbons (Fsp3) is 0.120. The van der Waals surface area contributed by atoms with Crippen LogP contribution in [0, 0.1) is 0 Å². The van der Waals surface area contributed by atoms with Crippen LogP contribution in [0.2, 0.25) is 5.02 Å². The van der Waals surface area contributed by atoms with E-state index in [0.29, 0.717) is 22.3 Å². The first-order valence-corrected chi connectivity index (χ1v) is 12.1. The summed E-state index contributed by atoms with van der Waals surface area (Å²) in [6.45, 7) is 2.51. The minimum atomic E-state index is -0.330. The van der Waals surface area contributed by atoms with Crippen LogP contribution < -0.4 is 19.8 Å². The van der Waals surface area contributed by atoms with Crippen LogP contribution >= 0.6 is 23.4 Å². The largest absolute Gasteiger partial charge is 0.872 e. The van der Waals surface area contributed by atoms with Gasteiger partial charge in [-0.1, -0.05) is 41.6 Å². The Morgan fingerprint density at radius 3 is 2.63 bits per heavy atom. The summed E-state index contributed by atoms with van der Waals surface area (Å²) in [6, 6.07) is 21.5. The van der Waals surface area contributed by atoms with E-state index in [-0.39, 0.29) is 17.4 Å². The SMILES string of the molecule is CCOc1ccc(-[n+]2c(SCC(=O)N/N=C/c3ccccc3[O-])n[nH]c2-c2ccc(Cl)cc2)cc1. The van der Waals surface area contributed by atoms with Crippen LogP contribution in [0.5, 0.6) is 11.5 Å². The van der Waals surface area contributed by atoms with Gasteiger partial charge in [0.2, 0.25) is 0 Å². The Morgan fingerprint density at radius 2 is 1.91 bits per heavy atom. The van der Waals surface area contributed by atoms with E-state index in [1.165, 1.54) is 24.0 Å². The molecule has 35 heavy (non-hydrogen) atoms. The molecule has 0 atom stereocenters. The summed E-state index contributed by atoms with van der Waals surface area (Å²) in [5, 5.41) is 24.3. The molecule has 0 unspecified atom stereocenters. The number of hydrogen-bond donors (Lipinski definition) is 2. The fourth-order valence-electron chi connectivity index (χ4n) is 3.22. The predicted octanol–water partition coefficient (Wildman–Crippen LogP) is 3.72. The van der Waals surface area contributed by atoms with Gasteiger partial charge in [0.25, 0.3) is 11.7 Å². The van der Waals surface area contributed by atoms with Gasteiger partial charge in [0.05, 0.1) is 29.2 Å². The third-order valence-corrected chi connectivity index (χ3v) is 6.03. The topological polar surface area (TPSA) is 106 Å². The maximum atomic E-state index is 12.4. The van der Waals surface area contributed by atoms with Crippen molar-refractivity contribution >= 4 is 35.5 Å². The highest BCUT2D eigenvalue weighted by Crippen LogP contribution is 2.23. The summed E-state index contributed by atoms with van der Waals surface area (Å²) in [4.78, 5) is 12.4. The number of amides is 1. The molecular weight excluding hydrogens is 486 g/mol. The van der Waals surface area contributed by atoms with Crippen LogP contribution in [0.3, 0.4) is 0 Å². The predicted molar refractivity (Wildman–Crippen MR) is 134 cm³/mol. The summed E-state index contributed by atoms with van der Waals surface area (Å²) in [5.74, 6) is 1.07. The first-order valence-electron chi connectivity index (χ1n) is 10.8. The van der Waals surface area contributed by atoms with Gasteiger partial charge < -0.3 is 9.84 Å². The van der Waals surface area contributed by atoms with Crippen LogP contribution in [0.15, 0.2) is 83.1 Å². The van der Waals surface area contributed by atoms with Crippen LogP contribution in [-0.4, -0.2) is 34.7 Å². The second-order valence-electron chi connectivity index (χ2n) is 7.24. The molecule has 1 heterocycles. The monoisotopic (exact) mass is 507 g/mol. The van der Waals surface area contributed by atoms with Crippen LogP contribution in [0.25, 0.3) is 17.1 Å². The molecule has 1 aromatic heterocycles. The molecule has 0 aliphatic carbocycles. The number of halogens is 1. The second kappa shape index (κ2) is 11.5. The molecule has 0 aliphatic rings. The number of rotatable bonds is 9. The van der Waals surface area contributed by atoms with Crippen molar-refractivity contribution in [3.63, 3.8) is 0 Å². The maximum absolute atomic E-state index is 12.4. The zero-order valence-corrected chi connectivity index (χ0v) is 20.3. The first-order chi connectivity index (χ1) is 17.0. The number of para-hydroxylation sites is 1. The second-order valence-corrected chi connectivity index (χ2v) is 8.62. The van der Waals surface area contributed by atoms with Crippen molar-refractivity contribution in [2.24, 2.45) is 5.10 Å². The van der Waals surface area contributed by atoms with Crippen molar-refractivity contribution in [1.29, 1.82) is 0 Å². The number of nitrogens with one attached hydrogen (secondary N) is 2. The van der Waals surface area contributed by atoms with E-state index in [4.69, 9.17) is 16.3 Å². The van der Waals surface area contributed by atoms with Crippen molar-refractivity contribution in [3.05, 3.63) is 83.4 Å². The Kier molecular flexibility index (Phi) is 8.02. The van der Waals surface area contributed by atoms with Crippen LogP contribution in [0.4, 0.5) is 0 Å². The Labute approximate surface area is 211 Å². The number of hydrogen-bond acceptors (Lipinski definition) is 6. The van der Waals surface area contributed by atoms with Crippen molar-refractivity contribution in [3.8, 4) is 28.6 Å². The number of ether oxygens (including phenoxy) is 1. The molecule has 1 amide bonds. The summed E-state index contributed by atoms with van der Waals surface area (Å²) >= 11 is 7.31. The van der Waals surface area contributed by atoms with Gasteiger partial charge in [-0.05, 0) is 72.8 Å². The number of carbonyl (C=O) groups excluding carboxylic acids is 1. The minimum absolute atomic E-state index is 0.0678. The summed E-state index contributed by atoms with van der Waals surface area (Å²) < 4.78 is 7.48. The Bertz CT molecular complexity index is 1320. The molecule has 8 nitrogen and oxygen atoms in total. The van der Waals surface area contributed by atoms with E-state index in [1.54, 1.807) is 30.3 Å². The lowest BCUT2D eigenvalue weighted by atomic mass is 10.2. The number of carbonyl (C=O) groups is 1. The number of benzene rings is 3. The number of aromatic nitrogens is 3. The molecule has 0 aliphatic heterocycles. The molecule has 0 radical (unpaired) electrons. The Morgan fingerprint density at radius 1 is 1.17 bits per heavy atom. The molecular formula is C25H22ClN5O3S. The highest BCUT2D eigenvalue weighted by atomic mass is 35.5. The van der Waals surface area contributed by atoms with E-state index < -0.39 is 0 Å².